The van der Waals surface area contributed by atoms with Crippen LogP contribution in [0.2, 0.25) is 0 Å². The standard InChI is InChI=1S/C16H16F2N2O/c1-8-4-5-9(2)14(10(8)3)21-15-12(17)6-11(16(19)20)7-13(15)18/h4-7H,1-3H3,(H3,19,20). The van der Waals surface area contributed by atoms with Gasteiger partial charge in [-0.15, -0.1) is 0 Å². The van der Waals surface area contributed by atoms with E-state index in [1.807, 2.05) is 32.9 Å². The molecule has 0 radical (unpaired) electrons. The van der Waals surface area contributed by atoms with Gasteiger partial charge in [0.25, 0.3) is 0 Å². The molecule has 5 heteroatoms. The average Bonchev–Trinajstić information content (AvgIpc) is 2.41. The normalized spacial score (nSPS) is 10.5. The predicted octanol–water partition coefficient (Wildman–Crippen LogP) is 3.97. The highest BCUT2D eigenvalue weighted by Crippen LogP contribution is 2.34. The molecular formula is C16H16F2N2O. The van der Waals surface area contributed by atoms with Crippen LogP contribution in [0.1, 0.15) is 22.3 Å². The number of benzene rings is 2. The Bertz CT molecular complexity index is 703. The van der Waals surface area contributed by atoms with Crippen molar-refractivity contribution < 1.29 is 13.5 Å². The molecule has 2 rings (SSSR count). The SMILES string of the molecule is Cc1ccc(C)c(Oc2c(F)cc(C(=N)N)cc2F)c1C. The Morgan fingerprint density at radius 1 is 1.00 bits per heavy atom. The maximum atomic E-state index is 14.0. The maximum absolute atomic E-state index is 14.0. The molecule has 0 bridgehead atoms. The van der Waals surface area contributed by atoms with Crippen molar-refractivity contribution in [3.8, 4) is 11.5 Å². The van der Waals surface area contributed by atoms with Gasteiger partial charge < -0.3 is 10.5 Å². The zero-order chi connectivity index (χ0) is 15.7. The van der Waals surface area contributed by atoms with Crippen molar-refractivity contribution in [2.75, 3.05) is 0 Å². The molecule has 0 atom stereocenters. The van der Waals surface area contributed by atoms with Crippen LogP contribution < -0.4 is 10.5 Å². The lowest BCUT2D eigenvalue weighted by Gasteiger charge is -2.15. The van der Waals surface area contributed by atoms with Gasteiger partial charge in [-0.25, -0.2) is 8.78 Å². The monoisotopic (exact) mass is 290 g/mol. The van der Waals surface area contributed by atoms with Crippen LogP contribution in [-0.4, -0.2) is 5.84 Å². The minimum atomic E-state index is -0.888. The summed E-state index contributed by atoms with van der Waals surface area (Å²) in [6, 6.07) is 5.73. The minimum Gasteiger partial charge on any atom is -0.451 e. The number of amidine groups is 1. The fraction of sp³-hybridized carbons (Fsp3) is 0.188. The molecule has 0 fully saturated rings. The number of aryl methyl sites for hydroxylation is 2. The topological polar surface area (TPSA) is 59.1 Å². The number of halogens is 2. The summed E-state index contributed by atoms with van der Waals surface area (Å²) in [4.78, 5) is 0. The van der Waals surface area contributed by atoms with Crippen LogP contribution in [0.5, 0.6) is 11.5 Å². The second-order valence-electron chi connectivity index (χ2n) is 4.94. The molecule has 2 aromatic carbocycles. The van der Waals surface area contributed by atoms with Gasteiger partial charge in [0.2, 0.25) is 0 Å². The van der Waals surface area contributed by atoms with E-state index in [0.717, 1.165) is 28.8 Å². The summed E-state index contributed by atoms with van der Waals surface area (Å²) in [5.41, 5.74) is 7.79. The van der Waals surface area contributed by atoms with Crippen LogP contribution in [0.3, 0.4) is 0 Å². The molecule has 0 saturated carbocycles. The van der Waals surface area contributed by atoms with E-state index in [0.29, 0.717) is 5.75 Å². The van der Waals surface area contributed by atoms with Crippen molar-refractivity contribution in [2.24, 2.45) is 5.73 Å². The third-order valence-corrected chi connectivity index (χ3v) is 3.39. The Morgan fingerprint density at radius 2 is 1.52 bits per heavy atom. The fourth-order valence-corrected chi connectivity index (χ4v) is 2.00. The first-order chi connectivity index (χ1) is 9.81. The molecular weight excluding hydrogens is 274 g/mol. The Kier molecular flexibility index (Phi) is 3.93. The summed E-state index contributed by atoms with van der Waals surface area (Å²) in [7, 11) is 0. The molecule has 3 N–H and O–H groups in total. The average molecular weight is 290 g/mol. The lowest BCUT2D eigenvalue weighted by molar-refractivity contribution is 0.403. The third kappa shape index (κ3) is 2.86. The zero-order valence-corrected chi connectivity index (χ0v) is 12.1. The van der Waals surface area contributed by atoms with Gasteiger partial charge in [-0.3, -0.25) is 5.41 Å². The van der Waals surface area contributed by atoms with E-state index in [2.05, 4.69) is 0 Å². The van der Waals surface area contributed by atoms with Crippen molar-refractivity contribution in [1.82, 2.24) is 0 Å². The van der Waals surface area contributed by atoms with E-state index in [1.165, 1.54) is 0 Å². The number of hydrogen-bond acceptors (Lipinski definition) is 2. The summed E-state index contributed by atoms with van der Waals surface area (Å²) in [6.45, 7) is 5.53. The van der Waals surface area contributed by atoms with Gasteiger partial charge in [0, 0.05) is 5.56 Å². The zero-order valence-electron chi connectivity index (χ0n) is 12.1. The summed E-state index contributed by atoms with van der Waals surface area (Å²) < 4.78 is 33.5. The van der Waals surface area contributed by atoms with Crippen LogP contribution in [0.15, 0.2) is 24.3 Å². The molecule has 2 aromatic rings. The molecule has 110 valence electrons. The van der Waals surface area contributed by atoms with Crippen LogP contribution >= 0.6 is 0 Å². The lowest BCUT2D eigenvalue weighted by Crippen LogP contribution is -2.12. The van der Waals surface area contributed by atoms with Gasteiger partial charge in [0.15, 0.2) is 17.4 Å². The van der Waals surface area contributed by atoms with Gasteiger partial charge in [-0.1, -0.05) is 12.1 Å². The highest BCUT2D eigenvalue weighted by atomic mass is 19.1. The maximum Gasteiger partial charge on any atom is 0.198 e. The van der Waals surface area contributed by atoms with Crippen molar-refractivity contribution in [3.05, 3.63) is 58.2 Å². The molecule has 3 nitrogen and oxygen atoms in total. The first kappa shape index (κ1) is 15.0. The molecule has 0 aliphatic heterocycles. The smallest absolute Gasteiger partial charge is 0.198 e. The van der Waals surface area contributed by atoms with Crippen molar-refractivity contribution >= 4 is 5.84 Å². The second kappa shape index (κ2) is 5.52. The molecule has 0 aliphatic carbocycles. The quantitative estimate of drug-likeness (QED) is 0.664. The van der Waals surface area contributed by atoms with Gasteiger partial charge in [0.1, 0.15) is 11.6 Å². The summed E-state index contributed by atoms with van der Waals surface area (Å²) in [5, 5.41) is 7.22. The lowest BCUT2D eigenvalue weighted by atomic mass is 10.1. The fourth-order valence-electron chi connectivity index (χ4n) is 2.00. The van der Waals surface area contributed by atoms with Gasteiger partial charge in [-0.05, 0) is 49.6 Å². The van der Waals surface area contributed by atoms with Crippen LogP contribution in [0.4, 0.5) is 8.78 Å². The number of nitrogens with two attached hydrogens (primary N) is 1. The van der Waals surface area contributed by atoms with E-state index in [1.54, 1.807) is 0 Å². The molecule has 21 heavy (non-hydrogen) atoms. The summed E-state index contributed by atoms with van der Waals surface area (Å²) >= 11 is 0. The van der Waals surface area contributed by atoms with E-state index < -0.39 is 23.2 Å². The number of nitrogens with one attached hydrogen (secondary N) is 1. The number of nitrogen functional groups attached to an aromatic ring is 1. The molecule has 0 aromatic heterocycles. The first-order valence-corrected chi connectivity index (χ1v) is 6.39. The molecule has 0 amide bonds. The van der Waals surface area contributed by atoms with Gasteiger partial charge in [0.05, 0.1) is 0 Å². The highest BCUT2D eigenvalue weighted by Gasteiger charge is 2.17. The summed E-state index contributed by atoms with van der Waals surface area (Å²) in [5.74, 6) is -2.23. The Morgan fingerprint density at radius 3 is 2.05 bits per heavy atom. The summed E-state index contributed by atoms with van der Waals surface area (Å²) in [6.07, 6.45) is 0. The van der Waals surface area contributed by atoms with E-state index in [4.69, 9.17) is 15.9 Å². The van der Waals surface area contributed by atoms with E-state index >= 15 is 0 Å². The van der Waals surface area contributed by atoms with Crippen LogP contribution in [0, 0.1) is 37.8 Å². The Labute approximate surface area is 121 Å². The number of ether oxygens (including phenoxy) is 1. The Hall–Kier alpha value is -2.43. The van der Waals surface area contributed by atoms with Gasteiger partial charge in [-0.2, -0.15) is 0 Å². The minimum absolute atomic E-state index is 0.0185. The molecule has 0 saturated heterocycles. The first-order valence-electron chi connectivity index (χ1n) is 6.39. The Balaban J connectivity index is 2.51. The highest BCUT2D eigenvalue weighted by molar-refractivity contribution is 5.95. The third-order valence-electron chi connectivity index (χ3n) is 3.39. The van der Waals surface area contributed by atoms with Crippen LogP contribution in [0.25, 0.3) is 0 Å². The van der Waals surface area contributed by atoms with Crippen LogP contribution in [-0.2, 0) is 0 Å². The van der Waals surface area contributed by atoms with E-state index in [9.17, 15) is 8.78 Å². The molecule has 0 unspecified atom stereocenters. The second-order valence-corrected chi connectivity index (χ2v) is 4.94. The van der Waals surface area contributed by atoms with Gasteiger partial charge >= 0.3 is 0 Å². The van der Waals surface area contributed by atoms with Crippen molar-refractivity contribution in [3.63, 3.8) is 0 Å². The number of rotatable bonds is 3. The molecule has 0 spiro atoms. The van der Waals surface area contributed by atoms with Crippen molar-refractivity contribution in [1.29, 1.82) is 5.41 Å². The van der Waals surface area contributed by atoms with Crippen molar-refractivity contribution in [2.45, 2.75) is 20.8 Å². The number of hydrogen-bond donors (Lipinski definition) is 2. The molecule has 0 heterocycles. The van der Waals surface area contributed by atoms with E-state index in [-0.39, 0.29) is 5.56 Å². The molecule has 0 aliphatic rings. The predicted molar refractivity (Wildman–Crippen MR) is 78.1 cm³/mol. The largest absolute Gasteiger partial charge is 0.451 e.